The number of hydrogen-bond donors (Lipinski definition) is 1. The Labute approximate surface area is 130 Å². The van der Waals surface area contributed by atoms with Crippen LogP contribution in [0.2, 0.25) is 0 Å². The average Bonchev–Trinajstić information content (AvgIpc) is 2.50. The van der Waals surface area contributed by atoms with Crippen LogP contribution in [-0.2, 0) is 9.84 Å². The Morgan fingerprint density at radius 2 is 2.10 bits per heavy atom. The van der Waals surface area contributed by atoms with Crippen molar-refractivity contribution < 1.29 is 13.2 Å². The molecule has 0 spiro atoms. The molecule has 0 aliphatic carbocycles. The molecule has 1 heterocycles. The van der Waals surface area contributed by atoms with Gasteiger partial charge in [-0.25, -0.2) is 8.42 Å². The zero-order valence-electron chi connectivity index (χ0n) is 12.2. The van der Waals surface area contributed by atoms with E-state index in [0.717, 1.165) is 18.0 Å². The fourth-order valence-electron chi connectivity index (χ4n) is 2.24. The summed E-state index contributed by atoms with van der Waals surface area (Å²) < 4.78 is 29.9. The number of hydrogen-bond acceptors (Lipinski definition) is 6. The van der Waals surface area contributed by atoms with Crippen LogP contribution < -0.4 is 10.5 Å². The Hall–Kier alpha value is -0.920. The number of nitrogens with two attached hydrogens (primary N) is 1. The number of nitrogen functional groups attached to an aromatic ring is 1. The minimum Gasteiger partial charge on any atom is -0.492 e. The lowest BCUT2D eigenvalue weighted by Crippen LogP contribution is -2.49. The summed E-state index contributed by atoms with van der Waals surface area (Å²) in [6, 6.07) is 7.22. The van der Waals surface area contributed by atoms with Gasteiger partial charge in [0.25, 0.3) is 0 Å². The highest BCUT2D eigenvalue weighted by Gasteiger charge is 2.32. The molecule has 1 aromatic carbocycles. The van der Waals surface area contributed by atoms with Crippen LogP contribution in [0.5, 0.6) is 5.75 Å². The van der Waals surface area contributed by atoms with Crippen molar-refractivity contribution >= 4 is 27.3 Å². The van der Waals surface area contributed by atoms with Crippen molar-refractivity contribution in [3.63, 3.8) is 0 Å². The summed E-state index contributed by atoms with van der Waals surface area (Å²) >= 11 is 1.70. The molecule has 0 amide bonds. The molecule has 1 atom stereocenters. The van der Waals surface area contributed by atoms with E-state index in [-0.39, 0.29) is 11.1 Å². The van der Waals surface area contributed by atoms with Gasteiger partial charge in [0.1, 0.15) is 17.7 Å². The molecule has 0 bridgehead atoms. The summed E-state index contributed by atoms with van der Waals surface area (Å²) in [5.41, 5.74) is 6.32. The van der Waals surface area contributed by atoms with Crippen molar-refractivity contribution in [1.82, 2.24) is 4.90 Å². The van der Waals surface area contributed by atoms with Crippen molar-refractivity contribution in [3.05, 3.63) is 24.3 Å². The van der Waals surface area contributed by atoms with E-state index in [1.54, 1.807) is 30.8 Å². The summed E-state index contributed by atoms with van der Waals surface area (Å²) in [6.07, 6.45) is 0. The van der Waals surface area contributed by atoms with Crippen molar-refractivity contribution in [2.24, 2.45) is 0 Å². The highest BCUT2D eigenvalue weighted by molar-refractivity contribution is 8.01. The first-order valence-electron chi connectivity index (χ1n) is 7.04. The van der Waals surface area contributed by atoms with E-state index in [9.17, 15) is 8.42 Å². The van der Waals surface area contributed by atoms with E-state index < -0.39 is 9.84 Å². The van der Waals surface area contributed by atoms with Gasteiger partial charge in [0.15, 0.2) is 9.84 Å². The molecule has 1 aromatic rings. The van der Waals surface area contributed by atoms with Gasteiger partial charge in [-0.05, 0) is 24.3 Å². The molecule has 0 aromatic heterocycles. The quantitative estimate of drug-likeness (QED) is 0.796. The van der Waals surface area contributed by atoms with E-state index in [4.69, 9.17) is 10.5 Å². The normalized spacial score (nSPS) is 20.3. The van der Waals surface area contributed by atoms with Gasteiger partial charge < -0.3 is 10.5 Å². The molecule has 0 radical (unpaired) electrons. The topological polar surface area (TPSA) is 72.6 Å². The van der Waals surface area contributed by atoms with Gasteiger partial charge >= 0.3 is 0 Å². The third-order valence-corrected chi connectivity index (χ3v) is 6.87. The molecule has 1 aliphatic rings. The monoisotopic (exact) mass is 330 g/mol. The number of anilines is 1. The fourth-order valence-corrected chi connectivity index (χ4v) is 5.35. The summed E-state index contributed by atoms with van der Waals surface area (Å²) in [6.45, 7) is 3.59. The van der Waals surface area contributed by atoms with Gasteiger partial charge in [-0.2, -0.15) is 11.8 Å². The van der Waals surface area contributed by atoms with E-state index in [2.05, 4.69) is 0 Å². The second-order valence-corrected chi connectivity index (χ2v) is 8.53. The second-order valence-electron chi connectivity index (χ2n) is 4.93. The van der Waals surface area contributed by atoms with Gasteiger partial charge in [-0.15, -0.1) is 0 Å². The van der Waals surface area contributed by atoms with E-state index >= 15 is 0 Å². The van der Waals surface area contributed by atoms with Crippen LogP contribution in [0.1, 0.15) is 6.92 Å². The fraction of sp³-hybridized carbons (Fsp3) is 0.571. The maximum absolute atomic E-state index is 12.1. The summed E-state index contributed by atoms with van der Waals surface area (Å²) in [5, 5.41) is -0.378. The summed E-state index contributed by atoms with van der Waals surface area (Å²) in [5.74, 6) is 2.56. The van der Waals surface area contributed by atoms with Crippen LogP contribution >= 0.6 is 11.8 Å². The molecule has 0 saturated carbocycles. The molecule has 21 heavy (non-hydrogen) atoms. The molecule has 2 rings (SSSR count). The SMILES string of the molecule is CCS(=O)(=O)C1CSCCN1CCOc1ccc(N)cc1. The van der Waals surface area contributed by atoms with Crippen LogP contribution in [0.4, 0.5) is 5.69 Å². The number of ether oxygens (including phenoxy) is 1. The third-order valence-electron chi connectivity index (χ3n) is 3.53. The van der Waals surface area contributed by atoms with Gasteiger partial charge in [-0.1, -0.05) is 6.92 Å². The van der Waals surface area contributed by atoms with Crippen molar-refractivity contribution in [1.29, 1.82) is 0 Å². The van der Waals surface area contributed by atoms with Crippen molar-refractivity contribution in [3.8, 4) is 5.75 Å². The van der Waals surface area contributed by atoms with Crippen LogP contribution in [-0.4, -0.2) is 55.6 Å². The molecule has 2 N–H and O–H groups in total. The Morgan fingerprint density at radius 3 is 2.76 bits per heavy atom. The Kier molecular flexibility index (Phi) is 5.78. The molecular formula is C14H22N2O3S2. The lowest BCUT2D eigenvalue weighted by Gasteiger charge is -2.34. The summed E-state index contributed by atoms with van der Waals surface area (Å²) in [4.78, 5) is 2.02. The molecule has 1 aliphatic heterocycles. The van der Waals surface area contributed by atoms with Gasteiger partial charge in [0, 0.05) is 36.0 Å². The lowest BCUT2D eigenvalue weighted by atomic mass is 10.3. The number of nitrogens with zero attached hydrogens (tertiary/aromatic N) is 1. The number of rotatable bonds is 6. The minimum absolute atomic E-state index is 0.188. The first kappa shape index (κ1) is 16.5. The molecule has 1 unspecified atom stereocenters. The van der Waals surface area contributed by atoms with Gasteiger partial charge in [0.05, 0.1) is 0 Å². The van der Waals surface area contributed by atoms with E-state index in [1.165, 1.54) is 0 Å². The molecule has 1 saturated heterocycles. The van der Waals surface area contributed by atoms with Crippen LogP contribution in [0.25, 0.3) is 0 Å². The predicted octanol–water partition coefficient (Wildman–Crippen LogP) is 1.46. The van der Waals surface area contributed by atoms with Crippen molar-refractivity contribution in [2.45, 2.75) is 12.3 Å². The number of thioether (sulfide) groups is 1. The largest absolute Gasteiger partial charge is 0.492 e. The predicted molar refractivity (Wildman–Crippen MR) is 88.5 cm³/mol. The van der Waals surface area contributed by atoms with Crippen molar-refractivity contribution in [2.75, 3.05) is 42.7 Å². The average molecular weight is 330 g/mol. The number of sulfone groups is 1. The molecular weight excluding hydrogens is 308 g/mol. The van der Waals surface area contributed by atoms with Crippen LogP contribution in [0.3, 0.4) is 0 Å². The van der Waals surface area contributed by atoms with Crippen LogP contribution in [0, 0.1) is 0 Å². The molecule has 5 nitrogen and oxygen atoms in total. The molecule has 7 heteroatoms. The Balaban J connectivity index is 1.89. The smallest absolute Gasteiger partial charge is 0.166 e. The maximum Gasteiger partial charge on any atom is 0.166 e. The second kappa shape index (κ2) is 7.38. The van der Waals surface area contributed by atoms with E-state index in [0.29, 0.717) is 24.6 Å². The zero-order chi connectivity index (χ0) is 15.3. The third kappa shape index (κ3) is 4.52. The Bertz CT molecular complexity index is 546. The molecule has 1 fully saturated rings. The standard InChI is InChI=1S/C14H22N2O3S2/c1-2-21(17,18)14-11-20-10-8-16(14)7-9-19-13-5-3-12(15)4-6-13/h3-6,14H,2,7-11,15H2,1H3. The van der Waals surface area contributed by atoms with Gasteiger partial charge in [0.2, 0.25) is 0 Å². The first-order chi connectivity index (χ1) is 10.0. The maximum atomic E-state index is 12.1. The summed E-state index contributed by atoms with van der Waals surface area (Å²) in [7, 11) is -3.04. The highest BCUT2D eigenvalue weighted by atomic mass is 32.2. The van der Waals surface area contributed by atoms with Gasteiger partial charge in [-0.3, -0.25) is 4.90 Å². The minimum atomic E-state index is -3.04. The van der Waals surface area contributed by atoms with Crippen LogP contribution in [0.15, 0.2) is 24.3 Å². The lowest BCUT2D eigenvalue weighted by molar-refractivity contribution is 0.206. The zero-order valence-corrected chi connectivity index (χ0v) is 13.8. The van der Waals surface area contributed by atoms with E-state index in [1.807, 2.05) is 17.0 Å². The number of benzene rings is 1. The Morgan fingerprint density at radius 1 is 1.38 bits per heavy atom. The highest BCUT2D eigenvalue weighted by Crippen LogP contribution is 2.21. The molecule has 118 valence electrons. The first-order valence-corrected chi connectivity index (χ1v) is 9.91.